The van der Waals surface area contributed by atoms with Gasteiger partial charge in [0.25, 0.3) is 0 Å². The highest BCUT2D eigenvalue weighted by Gasteiger charge is 2.40. The number of nitrogens with zero attached hydrogens (tertiary/aromatic N) is 1. The number of aliphatic hydroxyl groups is 1. The molecule has 1 aliphatic rings. The van der Waals surface area contributed by atoms with Crippen molar-refractivity contribution in [2.75, 3.05) is 19.7 Å². The van der Waals surface area contributed by atoms with Crippen LogP contribution in [0.2, 0.25) is 0 Å². The summed E-state index contributed by atoms with van der Waals surface area (Å²) in [6.07, 6.45) is -2.62. The largest absolute Gasteiger partial charge is 0.401 e. The number of hydrogen-bond donors (Lipinski definition) is 2. The average molecular weight is 226 g/mol. The second-order valence-corrected chi connectivity index (χ2v) is 4.56. The predicted octanol–water partition coefficient (Wildman–Crippen LogP) is 0.723. The summed E-state index contributed by atoms with van der Waals surface area (Å²) >= 11 is 0. The van der Waals surface area contributed by atoms with E-state index in [1.54, 1.807) is 6.92 Å². The van der Waals surface area contributed by atoms with Gasteiger partial charge in [-0.2, -0.15) is 13.2 Å². The molecule has 0 aliphatic heterocycles. The summed E-state index contributed by atoms with van der Waals surface area (Å²) < 4.78 is 36.7. The molecule has 1 unspecified atom stereocenters. The highest BCUT2D eigenvalue weighted by molar-refractivity contribution is 4.91. The number of nitrogens with two attached hydrogens (primary N) is 1. The number of halogens is 3. The van der Waals surface area contributed by atoms with Gasteiger partial charge in [0.1, 0.15) is 0 Å². The van der Waals surface area contributed by atoms with Gasteiger partial charge < -0.3 is 10.8 Å². The first-order valence-electron chi connectivity index (χ1n) is 4.94. The van der Waals surface area contributed by atoms with Gasteiger partial charge in [-0.25, -0.2) is 0 Å². The summed E-state index contributed by atoms with van der Waals surface area (Å²) in [5.41, 5.74) is 4.68. The first-order valence-corrected chi connectivity index (χ1v) is 4.94. The smallest absolute Gasteiger partial charge is 0.394 e. The first kappa shape index (κ1) is 12.7. The molecule has 0 radical (unpaired) electrons. The Bertz CT molecular complexity index is 214. The molecular weight excluding hydrogens is 209 g/mol. The lowest BCUT2D eigenvalue weighted by molar-refractivity contribution is -0.149. The van der Waals surface area contributed by atoms with Crippen LogP contribution in [0.15, 0.2) is 0 Å². The van der Waals surface area contributed by atoms with Crippen molar-refractivity contribution in [3.05, 3.63) is 0 Å². The summed E-state index contributed by atoms with van der Waals surface area (Å²) in [4.78, 5) is 1.32. The Morgan fingerprint density at radius 2 is 1.87 bits per heavy atom. The molecule has 0 amide bonds. The van der Waals surface area contributed by atoms with Crippen molar-refractivity contribution in [3.63, 3.8) is 0 Å². The minimum Gasteiger partial charge on any atom is -0.394 e. The van der Waals surface area contributed by atoms with E-state index in [1.807, 2.05) is 0 Å². The standard InChI is InChI=1S/C9H17F3N2O/c1-8(13,6-15)4-14(7-2-3-7)5-9(10,11)12/h7,15H,2-6,13H2,1H3. The van der Waals surface area contributed by atoms with Gasteiger partial charge in [0, 0.05) is 18.1 Å². The Morgan fingerprint density at radius 1 is 1.33 bits per heavy atom. The zero-order valence-electron chi connectivity index (χ0n) is 8.72. The fourth-order valence-electron chi connectivity index (χ4n) is 1.50. The minimum atomic E-state index is -4.20. The molecule has 3 N–H and O–H groups in total. The van der Waals surface area contributed by atoms with Gasteiger partial charge in [-0.3, -0.25) is 4.90 Å². The zero-order valence-corrected chi connectivity index (χ0v) is 8.72. The molecule has 1 saturated carbocycles. The van der Waals surface area contributed by atoms with Gasteiger partial charge in [0.2, 0.25) is 0 Å². The van der Waals surface area contributed by atoms with Crippen LogP contribution in [-0.4, -0.2) is 47.5 Å². The molecule has 0 aromatic carbocycles. The quantitative estimate of drug-likeness (QED) is 0.726. The summed E-state index contributed by atoms with van der Waals surface area (Å²) in [5, 5.41) is 8.91. The van der Waals surface area contributed by atoms with E-state index in [1.165, 1.54) is 4.90 Å². The monoisotopic (exact) mass is 226 g/mol. The molecule has 1 fully saturated rings. The van der Waals surface area contributed by atoms with E-state index in [9.17, 15) is 13.2 Å². The molecule has 0 saturated heterocycles. The SMILES string of the molecule is CC(N)(CO)CN(CC(F)(F)F)C1CC1. The van der Waals surface area contributed by atoms with Crippen molar-refractivity contribution in [3.8, 4) is 0 Å². The third-order valence-electron chi connectivity index (χ3n) is 2.37. The molecule has 90 valence electrons. The summed E-state index contributed by atoms with van der Waals surface area (Å²) in [5.74, 6) is 0. The van der Waals surface area contributed by atoms with E-state index in [4.69, 9.17) is 10.8 Å². The van der Waals surface area contributed by atoms with Gasteiger partial charge >= 0.3 is 6.18 Å². The highest BCUT2D eigenvalue weighted by Crippen LogP contribution is 2.30. The number of rotatable bonds is 5. The Balaban J connectivity index is 2.51. The van der Waals surface area contributed by atoms with Gasteiger partial charge in [-0.1, -0.05) is 0 Å². The van der Waals surface area contributed by atoms with Crippen LogP contribution in [0.25, 0.3) is 0 Å². The molecule has 6 heteroatoms. The lowest BCUT2D eigenvalue weighted by Crippen LogP contribution is -2.53. The topological polar surface area (TPSA) is 49.5 Å². The first-order chi connectivity index (χ1) is 6.73. The van der Waals surface area contributed by atoms with E-state index < -0.39 is 18.3 Å². The maximum atomic E-state index is 12.2. The van der Waals surface area contributed by atoms with Crippen molar-refractivity contribution in [1.82, 2.24) is 4.90 Å². The van der Waals surface area contributed by atoms with Crippen LogP contribution in [0, 0.1) is 0 Å². The van der Waals surface area contributed by atoms with Crippen molar-refractivity contribution in [2.24, 2.45) is 5.73 Å². The van der Waals surface area contributed by atoms with Crippen LogP contribution in [0.1, 0.15) is 19.8 Å². The van der Waals surface area contributed by atoms with Crippen LogP contribution in [-0.2, 0) is 0 Å². The van der Waals surface area contributed by atoms with Crippen LogP contribution in [0.3, 0.4) is 0 Å². The van der Waals surface area contributed by atoms with Crippen molar-refractivity contribution >= 4 is 0 Å². The van der Waals surface area contributed by atoms with Crippen molar-refractivity contribution < 1.29 is 18.3 Å². The van der Waals surface area contributed by atoms with Crippen LogP contribution < -0.4 is 5.73 Å². The third-order valence-corrected chi connectivity index (χ3v) is 2.37. The van der Waals surface area contributed by atoms with Gasteiger partial charge in [-0.15, -0.1) is 0 Å². The van der Waals surface area contributed by atoms with E-state index >= 15 is 0 Å². The van der Waals surface area contributed by atoms with Gasteiger partial charge in [-0.05, 0) is 19.8 Å². The molecular formula is C9H17F3N2O. The molecule has 0 spiro atoms. The lowest BCUT2D eigenvalue weighted by Gasteiger charge is -2.31. The summed E-state index contributed by atoms with van der Waals surface area (Å²) in [7, 11) is 0. The van der Waals surface area contributed by atoms with E-state index in [-0.39, 0.29) is 19.2 Å². The molecule has 0 bridgehead atoms. The average Bonchev–Trinajstić information content (AvgIpc) is 2.82. The van der Waals surface area contributed by atoms with E-state index in [0.717, 1.165) is 12.8 Å². The molecule has 1 atom stereocenters. The second kappa shape index (κ2) is 4.27. The maximum absolute atomic E-state index is 12.2. The fourth-order valence-corrected chi connectivity index (χ4v) is 1.50. The lowest BCUT2D eigenvalue weighted by atomic mass is 10.0. The fraction of sp³-hybridized carbons (Fsp3) is 1.00. The molecule has 0 aromatic rings. The number of aliphatic hydroxyl groups excluding tert-OH is 1. The Labute approximate surface area is 87.0 Å². The van der Waals surface area contributed by atoms with Crippen LogP contribution in [0.4, 0.5) is 13.2 Å². The number of alkyl halides is 3. The van der Waals surface area contributed by atoms with Crippen LogP contribution >= 0.6 is 0 Å². The maximum Gasteiger partial charge on any atom is 0.401 e. The third kappa shape index (κ3) is 4.81. The Morgan fingerprint density at radius 3 is 2.20 bits per heavy atom. The van der Waals surface area contributed by atoms with Gasteiger partial charge in [0.15, 0.2) is 0 Å². The Kier molecular flexibility index (Phi) is 3.63. The number of hydrogen-bond acceptors (Lipinski definition) is 3. The Hall–Kier alpha value is -0.330. The summed E-state index contributed by atoms with van der Waals surface area (Å²) in [6, 6.07) is -0.0129. The molecule has 1 aliphatic carbocycles. The second-order valence-electron chi connectivity index (χ2n) is 4.56. The van der Waals surface area contributed by atoms with E-state index in [0.29, 0.717) is 0 Å². The molecule has 0 aromatic heterocycles. The van der Waals surface area contributed by atoms with Crippen LogP contribution in [0.5, 0.6) is 0 Å². The van der Waals surface area contributed by atoms with Gasteiger partial charge in [0.05, 0.1) is 13.2 Å². The van der Waals surface area contributed by atoms with Crippen molar-refractivity contribution in [1.29, 1.82) is 0 Å². The minimum absolute atomic E-state index is 0.0129. The normalized spacial score (nSPS) is 21.8. The predicted molar refractivity (Wildman–Crippen MR) is 50.3 cm³/mol. The molecule has 1 rings (SSSR count). The molecule has 15 heavy (non-hydrogen) atoms. The highest BCUT2D eigenvalue weighted by atomic mass is 19.4. The molecule has 0 heterocycles. The van der Waals surface area contributed by atoms with E-state index in [2.05, 4.69) is 0 Å². The molecule has 3 nitrogen and oxygen atoms in total. The van der Waals surface area contributed by atoms with Crippen molar-refractivity contribution in [2.45, 2.75) is 37.5 Å². The summed E-state index contributed by atoms with van der Waals surface area (Å²) in [6.45, 7) is 0.380. The zero-order chi connectivity index (χ0) is 11.7.